The fourth-order valence-corrected chi connectivity index (χ4v) is 0.709. The molecule has 2 unspecified atom stereocenters. The van der Waals surface area contributed by atoms with Gasteiger partial charge in [0.05, 0.1) is 13.2 Å². The van der Waals surface area contributed by atoms with E-state index in [1.807, 2.05) is 13.8 Å². The van der Waals surface area contributed by atoms with E-state index in [1.165, 1.54) is 0 Å². The molecule has 0 aromatic heterocycles. The molecule has 0 spiro atoms. The molecule has 2 heterocycles. The summed E-state index contributed by atoms with van der Waals surface area (Å²) < 4.78 is 10.1. The lowest BCUT2D eigenvalue weighted by Gasteiger charge is -1.98. The minimum atomic E-state index is 0.0556. The molecule has 2 nitrogen and oxygen atoms in total. The molecule has 2 rings (SSSR count). The zero-order valence-corrected chi connectivity index (χ0v) is 9.64. The lowest BCUT2D eigenvalue weighted by Crippen LogP contribution is -2.03. The highest BCUT2D eigenvalue weighted by atomic mass is 16.6. The maximum Gasteiger partial charge on any atom is 0.109 e. The smallest absolute Gasteiger partial charge is 0.109 e. The van der Waals surface area contributed by atoms with Gasteiger partial charge in [0.1, 0.15) is 11.2 Å². The van der Waals surface area contributed by atoms with Crippen LogP contribution in [0.1, 0.15) is 27.7 Å². The van der Waals surface area contributed by atoms with Crippen LogP contribution >= 0.6 is 0 Å². The Balaban J connectivity index is 0.000000140. The molecule has 0 saturated carbocycles. The Morgan fingerprint density at radius 3 is 1.14 bits per heavy atom. The van der Waals surface area contributed by atoms with Crippen molar-refractivity contribution in [1.29, 1.82) is 0 Å². The summed E-state index contributed by atoms with van der Waals surface area (Å²) in [5, 5.41) is 0. The van der Waals surface area contributed by atoms with E-state index in [4.69, 9.17) is 9.47 Å². The molecule has 2 saturated heterocycles. The van der Waals surface area contributed by atoms with E-state index in [1.54, 1.807) is 0 Å². The van der Waals surface area contributed by atoms with Crippen molar-refractivity contribution in [3.63, 3.8) is 0 Å². The molecule has 2 aliphatic heterocycles. The van der Waals surface area contributed by atoms with Crippen molar-refractivity contribution < 1.29 is 9.47 Å². The van der Waals surface area contributed by atoms with Crippen molar-refractivity contribution in [1.82, 2.24) is 0 Å². The summed E-state index contributed by atoms with van der Waals surface area (Å²) in [6, 6.07) is 0. The monoisotopic (exact) mass is 196 g/mol. The van der Waals surface area contributed by atoms with Crippen molar-refractivity contribution >= 4 is 0 Å². The fourth-order valence-electron chi connectivity index (χ4n) is 0.709. The van der Waals surface area contributed by atoms with Crippen molar-refractivity contribution in [2.45, 2.75) is 38.9 Å². The highest BCUT2D eigenvalue weighted by Gasteiger charge is 2.40. The summed E-state index contributed by atoms with van der Waals surface area (Å²) in [6.07, 6.45) is 0. The van der Waals surface area contributed by atoms with Crippen LogP contribution in [0.15, 0.2) is 24.3 Å². The lowest BCUT2D eigenvalue weighted by molar-refractivity contribution is 0.358. The summed E-state index contributed by atoms with van der Waals surface area (Å²) >= 11 is 0. The molecule has 0 amide bonds. The molecule has 0 N–H and O–H groups in total. The first-order chi connectivity index (χ1) is 6.30. The van der Waals surface area contributed by atoms with Crippen LogP contribution in [-0.4, -0.2) is 24.4 Å². The number of epoxide rings is 2. The summed E-state index contributed by atoms with van der Waals surface area (Å²) in [4.78, 5) is 0. The summed E-state index contributed by atoms with van der Waals surface area (Å²) in [5.74, 6) is 0. The van der Waals surface area contributed by atoms with Gasteiger partial charge in [0, 0.05) is 0 Å². The highest BCUT2D eigenvalue weighted by molar-refractivity contribution is 5.15. The Morgan fingerprint density at radius 1 is 0.929 bits per heavy atom. The predicted octanol–water partition coefficient (Wildman–Crippen LogP) is 2.70. The summed E-state index contributed by atoms with van der Waals surface area (Å²) in [5.41, 5.74) is 2.38. The van der Waals surface area contributed by atoms with Gasteiger partial charge in [-0.3, -0.25) is 0 Å². The molecule has 80 valence electrons. The van der Waals surface area contributed by atoms with E-state index >= 15 is 0 Å². The largest absolute Gasteiger partial charge is 0.365 e. The maximum absolute atomic E-state index is 5.06. The molecular weight excluding hydrogens is 176 g/mol. The standard InChI is InChI=1S/2C6H10O/c2*1-5(2)6(3)4-7-6/h2*1,4H2,2-3H3. The van der Waals surface area contributed by atoms with Crippen molar-refractivity contribution in [3.05, 3.63) is 24.3 Å². The van der Waals surface area contributed by atoms with Crippen LogP contribution in [-0.2, 0) is 9.47 Å². The summed E-state index contributed by atoms with van der Waals surface area (Å²) in [6.45, 7) is 17.3. The zero-order chi connectivity index (χ0) is 11.0. The van der Waals surface area contributed by atoms with Gasteiger partial charge in [0.15, 0.2) is 0 Å². The predicted molar refractivity (Wildman–Crippen MR) is 58.3 cm³/mol. The van der Waals surface area contributed by atoms with Crippen molar-refractivity contribution in [2.75, 3.05) is 13.2 Å². The molecule has 14 heavy (non-hydrogen) atoms. The minimum Gasteiger partial charge on any atom is -0.365 e. The topological polar surface area (TPSA) is 25.1 Å². The molecule has 0 aromatic carbocycles. The van der Waals surface area contributed by atoms with Gasteiger partial charge in [-0.2, -0.15) is 0 Å². The van der Waals surface area contributed by atoms with Crippen LogP contribution in [0.2, 0.25) is 0 Å². The number of ether oxygens (including phenoxy) is 2. The zero-order valence-electron chi connectivity index (χ0n) is 9.64. The van der Waals surface area contributed by atoms with Crippen LogP contribution in [0.5, 0.6) is 0 Å². The second-order valence-electron chi connectivity index (χ2n) is 4.60. The molecule has 2 aliphatic rings. The number of hydrogen-bond acceptors (Lipinski definition) is 2. The maximum atomic E-state index is 5.06. The molecule has 2 fully saturated rings. The van der Waals surface area contributed by atoms with Crippen LogP contribution in [0, 0.1) is 0 Å². The first kappa shape index (κ1) is 11.5. The van der Waals surface area contributed by atoms with Gasteiger partial charge in [-0.1, -0.05) is 13.2 Å². The third-order valence-corrected chi connectivity index (χ3v) is 2.96. The molecule has 0 aliphatic carbocycles. The van der Waals surface area contributed by atoms with E-state index in [2.05, 4.69) is 27.0 Å². The van der Waals surface area contributed by atoms with E-state index in [-0.39, 0.29) is 11.2 Å². The van der Waals surface area contributed by atoms with E-state index < -0.39 is 0 Å². The van der Waals surface area contributed by atoms with Crippen LogP contribution in [0.3, 0.4) is 0 Å². The van der Waals surface area contributed by atoms with Crippen LogP contribution < -0.4 is 0 Å². The van der Waals surface area contributed by atoms with Gasteiger partial charge in [-0.15, -0.1) is 0 Å². The first-order valence-electron chi connectivity index (χ1n) is 4.90. The third-order valence-electron chi connectivity index (χ3n) is 2.96. The second-order valence-corrected chi connectivity index (χ2v) is 4.60. The number of hydrogen-bond donors (Lipinski definition) is 0. The Morgan fingerprint density at radius 2 is 1.14 bits per heavy atom. The molecule has 0 radical (unpaired) electrons. The van der Waals surface area contributed by atoms with Gasteiger partial charge >= 0.3 is 0 Å². The average Bonchev–Trinajstić information content (AvgIpc) is 2.93. The molecular formula is C12H20O2. The average molecular weight is 196 g/mol. The Bertz CT molecular complexity index is 229. The molecule has 2 atom stereocenters. The fraction of sp³-hybridized carbons (Fsp3) is 0.667. The summed E-state index contributed by atoms with van der Waals surface area (Å²) in [7, 11) is 0. The third kappa shape index (κ3) is 2.69. The Kier molecular flexibility index (Phi) is 2.88. The Hall–Kier alpha value is -0.600. The second kappa shape index (κ2) is 3.52. The molecule has 2 heteroatoms. The van der Waals surface area contributed by atoms with Crippen molar-refractivity contribution in [2.24, 2.45) is 0 Å². The first-order valence-corrected chi connectivity index (χ1v) is 4.90. The SMILES string of the molecule is C=C(C)C1(C)CO1.C=C(C)C1(C)CO1. The van der Waals surface area contributed by atoms with E-state index in [0.717, 1.165) is 24.4 Å². The van der Waals surface area contributed by atoms with Gasteiger partial charge in [0.2, 0.25) is 0 Å². The molecule has 0 bridgehead atoms. The van der Waals surface area contributed by atoms with Gasteiger partial charge in [-0.25, -0.2) is 0 Å². The minimum absolute atomic E-state index is 0.0556. The highest BCUT2D eigenvalue weighted by Crippen LogP contribution is 2.32. The number of rotatable bonds is 2. The van der Waals surface area contributed by atoms with Gasteiger partial charge < -0.3 is 9.47 Å². The van der Waals surface area contributed by atoms with E-state index in [0.29, 0.717) is 0 Å². The van der Waals surface area contributed by atoms with E-state index in [9.17, 15) is 0 Å². The van der Waals surface area contributed by atoms with Crippen LogP contribution in [0.4, 0.5) is 0 Å². The van der Waals surface area contributed by atoms with Crippen molar-refractivity contribution in [3.8, 4) is 0 Å². The Labute approximate surface area is 86.6 Å². The lowest BCUT2D eigenvalue weighted by atomic mass is 10.1. The normalized spacial score (nSPS) is 38.0. The molecule has 0 aromatic rings. The van der Waals surface area contributed by atoms with Gasteiger partial charge in [0.25, 0.3) is 0 Å². The van der Waals surface area contributed by atoms with Gasteiger partial charge in [-0.05, 0) is 38.8 Å². The quantitative estimate of drug-likeness (QED) is 0.501. The van der Waals surface area contributed by atoms with Crippen LogP contribution in [0.25, 0.3) is 0 Å².